The Hall–Kier alpha value is -1.66. The molecule has 0 saturated heterocycles. The van der Waals surface area contributed by atoms with Crippen molar-refractivity contribution in [2.75, 3.05) is 6.61 Å². The summed E-state index contributed by atoms with van der Waals surface area (Å²) < 4.78 is 5.20. The second-order valence-corrected chi connectivity index (χ2v) is 2.86. The highest BCUT2D eigenvalue weighted by Gasteiger charge is 2.01. The number of nitrogens with zero attached hydrogens (tertiary/aromatic N) is 1. The van der Waals surface area contributed by atoms with E-state index < -0.39 is 0 Å². The summed E-state index contributed by atoms with van der Waals surface area (Å²) >= 11 is 5.75. The Bertz CT molecular complexity index is 382. The molecule has 0 aliphatic carbocycles. The minimum Gasteiger partial charge on any atom is -0.480 e. The summed E-state index contributed by atoms with van der Waals surface area (Å²) in [4.78, 5) is 0. The molecular weight excluding hydrogens is 202 g/mol. The van der Waals surface area contributed by atoms with E-state index in [4.69, 9.17) is 28.0 Å². The van der Waals surface area contributed by atoms with Crippen LogP contribution in [0.3, 0.4) is 0 Å². The molecule has 0 amide bonds. The van der Waals surface area contributed by atoms with E-state index >= 15 is 0 Å². The molecule has 1 rings (SSSR count). The van der Waals surface area contributed by atoms with Crippen molar-refractivity contribution in [1.82, 2.24) is 0 Å². The van der Waals surface area contributed by atoms with Gasteiger partial charge in [0.2, 0.25) is 0 Å². The van der Waals surface area contributed by atoms with Crippen molar-refractivity contribution < 1.29 is 9.94 Å². The first-order chi connectivity index (χ1) is 6.77. The summed E-state index contributed by atoms with van der Waals surface area (Å²) in [6.45, 7) is 0.161. The van der Waals surface area contributed by atoms with Crippen LogP contribution in [0.1, 0.15) is 5.56 Å². The molecule has 0 atom stereocenters. The lowest BCUT2D eigenvalue weighted by Gasteiger charge is -2.05. The zero-order chi connectivity index (χ0) is 10.4. The molecule has 1 aromatic rings. The number of rotatable bonds is 3. The van der Waals surface area contributed by atoms with Crippen molar-refractivity contribution in [3.8, 4) is 18.1 Å². The number of terminal acetylenes is 1. The minimum absolute atomic E-state index is 0.161. The van der Waals surface area contributed by atoms with Crippen LogP contribution in [-0.4, -0.2) is 18.0 Å². The second kappa shape index (κ2) is 5.15. The summed E-state index contributed by atoms with van der Waals surface area (Å²) in [5.74, 6) is 2.87. The van der Waals surface area contributed by atoms with E-state index in [1.165, 1.54) is 6.21 Å². The molecule has 1 aromatic carbocycles. The largest absolute Gasteiger partial charge is 0.480 e. The topological polar surface area (TPSA) is 41.8 Å². The van der Waals surface area contributed by atoms with Crippen molar-refractivity contribution in [3.05, 3.63) is 28.8 Å². The monoisotopic (exact) mass is 209 g/mol. The quantitative estimate of drug-likeness (QED) is 0.359. The zero-order valence-corrected chi connectivity index (χ0v) is 8.03. The average Bonchev–Trinajstić information content (AvgIpc) is 2.17. The minimum atomic E-state index is 0.161. The van der Waals surface area contributed by atoms with Gasteiger partial charge in [-0.2, -0.15) is 0 Å². The van der Waals surface area contributed by atoms with Gasteiger partial charge >= 0.3 is 0 Å². The molecule has 0 aliphatic rings. The standard InChI is InChI=1S/C10H8ClNO2/c1-2-5-14-10-4-3-9(11)6-8(10)7-12-13/h1,3-4,6-7,13H,5H2/b12-7-. The maximum absolute atomic E-state index is 8.39. The summed E-state index contributed by atoms with van der Waals surface area (Å²) in [6.07, 6.45) is 6.28. The molecule has 1 N–H and O–H groups in total. The number of hydrogen-bond donors (Lipinski definition) is 1. The Kier molecular flexibility index (Phi) is 3.84. The van der Waals surface area contributed by atoms with E-state index in [0.29, 0.717) is 16.3 Å². The van der Waals surface area contributed by atoms with Crippen molar-refractivity contribution in [2.45, 2.75) is 0 Å². The molecule has 0 bridgehead atoms. The van der Waals surface area contributed by atoms with Crippen LogP contribution in [0.25, 0.3) is 0 Å². The van der Waals surface area contributed by atoms with E-state index in [2.05, 4.69) is 11.1 Å². The SMILES string of the molecule is C#CCOc1ccc(Cl)cc1/C=N\O. The highest BCUT2D eigenvalue weighted by atomic mass is 35.5. The Morgan fingerprint density at radius 1 is 1.64 bits per heavy atom. The first kappa shape index (κ1) is 10.4. The number of ether oxygens (including phenoxy) is 1. The van der Waals surface area contributed by atoms with Crippen LogP contribution in [0.15, 0.2) is 23.4 Å². The molecule has 0 saturated carbocycles. The van der Waals surface area contributed by atoms with Crippen LogP contribution in [-0.2, 0) is 0 Å². The van der Waals surface area contributed by atoms with Crippen LogP contribution in [0.5, 0.6) is 5.75 Å². The average molecular weight is 210 g/mol. The lowest BCUT2D eigenvalue weighted by Crippen LogP contribution is -1.97. The maximum Gasteiger partial charge on any atom is 0.148 e. The van der Waals surface area contributed by atoms with Gasteiger partial charge in [-0.3, -0.25) is 0 Å². The van der Waals surface area contributed by atoms with Crippen LogP contribution in [0.2, 0.25) is 5.02 Å². The van der Waals surface area contributed by atoms with Crippen molar-refractivity contribution in [3.63, 3.8) is 0 Å². The van der Waals surface area contributed by atoms with E-state index in [9.17, 15) is 0 Å². The summed E-state index contributed by atoms with van der Waals surface area (Å²) in [5.41, 5.74) is 0.579. The highest BCUT2D eigenvalue weighted by Crippen LogP contribution is 2.21. The number of hydrogen-bond acceptors (Lipinski definition) is 3. The van der Waals surface area contributed by atoms with E-state index in [0.717, 1.165) is 0 Å². The summed E-state index contributed by atoms with van der Waals surface area (Å²) in [5, 5.41) is 11.8. The smallest absolute Gasteiger partial charge is 0.148 e. The molecule has 0 aliphatic heterocycles. The Morgan fingerprint density at radius 3 is 3.07 bits per heavy atom. The molecule has 0 unspecified atom stereocenters. The Morgan fingerprint density at radius 2 is 2.43 bits per heavy atom. The van der Waals surface area contributed by atoms with Crippen LogP contribution in [0.4, 0.5) is 0 Å². The maximum atomic E-state index is 8.39. The Balaban J connectivity index is 2.97. The van der Waals surface area contributed by atoms with Gasteiger partial charge in [-0.05, 0) is 18.2 Å². The molecule has 4 heteroatoms. The third-order valence-electron chi connectivity index (χ3n) is 1.48. The van der Waals surface area contributed by atoms with Crippen molar-refractivity contribution in [1.29, 1.82) is 0 Å². The van der Waals surface area contributed by atoms with Crippen LogP contribution < -0.4 is 4.74 Å². The fourth-order valence-corrected chi connectivity index (χ4v) is 1.11. The van der Waals surface area contributed by atoms with Gasteiger partial charge in [0.25, 0.3) is 0 Å². The zero-order valence-electron chi connectivity index (χ0n) is 7.27. The lowest BCUT2D eigenvalue weighted by molar-refractivity contribution is 0.321. The third-order valence-corrected chi connectivity index (χ3v) is 1.71. The van der Waals surface area contributed by atoms with E-state index in [-0.39, 0.29) is 6.61 Å². The fraction of sp³-hybridized carbons (Fsp3) is 0.100. The predicted molar refractivity (Wildman–Crippen MR) is 55.2 cm³/mol. The first-order valence-electron chi connectivity index (χ1n) is 3.81. The molecule has 0 heterocycles. The number of halogens is 1. The van der Waals surface area contributed by atoms with Gasteiger partial charge in [-0.25, -0.2) is 0 Å². The van der Waals surface area contributed by atoms with Crippen molar-refractivity contribution in [2.24, 2.45) is 5.16 Å². The molecular formula is C10H8ClNO2. The molecule has 14 heavy (non-hydrogen) atoms. The van der Waals surface area contributed by atoms with Crippen LogP contribution in [0, 0.1) is 12.3 Å². The molecule has 0 spiro atoms. The summed E-state index contributed by atoms with van der Waals surface area (Å²) in [6, 6.07) is 4.95. The molecule has 0 aromatic heterocycles. The first-order valence-corrected chi connectivity index (χ1v) is 4.19. The second-order valence-electron chi connectivity index (χ2n) is 2.42. The van der Waals surface area contributed by atoms with Gasteiger partial charge in [0.15, 0.2) is 0 Å². The van der Waals surface area contributed by atoms with Gasteiger partial charge in [0.05, 0.1) is 6.21 Å². The van der Waals surface area contributed by atoms with E-state index in [1.807, 2.05) is 0 Å². The van der Waals surface area contributed by atoms with Gasteiger partial charge in [-0.15, -0.1) is 6.42 Å². The normalized spacial score (nSPS) is 10.0. The third kappa shape index (κ3) is 2.68. The molecule has 3 nitrogen and oxygen atoms in total. The van der Waals surface area contributed by atoms with Gasteiger partial charge in [0, 0.05) is 10.6 Å². The van der Waals surface area contributed by atoms with Gasteiger partial charge < -0.3 is 9.94 Å². The summed E-state index contributed by atoms with van der Waals surface area (Å²) in [7, 11) is 0. The number of oxime groups is 1. The number of benzene rings is 1. The predicted octanol–water partition coefficient (Wildman–Crippen LogP) is 2.16. The molecule has 72 valence electrons. The molecule has 0 fully saturated rings. The van der Waals surface area contributed by atoms with E-state index in [1.54, 1.807) is 18.2 Å². The fourth-order valence-electron chi connectivity index (χ4n) is 0.933. The van der Waals surface area contributed by atoms with Crippen LogP contribution >= 0.6 is 11.6 Å². The lowest BCUT2D eigenvalue weighted by atomic mass is 10.2. The highest BCUT2D eigenvalue weighted by molar-refractivity contribution is 6.30. The van der Waals surface area contributed by atoms with Crippen molar-refractivity contribution >= 4 is 17.8 Å². The van der Waals surface area contributed by atoms with Gasteiger partial charge in [0.1, 0.15) is 12.4 Å². The molecule has 0 radical (unpaired) electrons. The van der Waals surface area contributed by atoms with Gasteiger partial charge in [-0.1, -0.05) is 22.7 Å². The Labute approximate surface area is 87.0 Å².